The third-order valence-electron chi connectivity index (χ3n) is 3.43. The Kier molecular flexibility index (Phi) is 5.89. The number of carbonyl (C=O) groups excluding carboxylic acids is 2. The number of amides is 1. The molecule has 2 rings (SSSR count). The van der Waals surface area contributed by atoms with Crippen molar-refractivity contribution in [3.8, 4) is 11.5 Å². The van der Waals surface area contributed by atoms with E-state index in [-0.39, 0.29) is 24.5 Å². The van der Waals surface area contributed by atoms with Crippen LogP contribution < -0.4 is 14.8 Å². The van der Waals surface area contributed by atoms with Gasteiger partial charge in [0, 0.05) is 24.5 Å². The van der Waals surface area contributed by atoms with Gasteiger partial charge in [-0.3, -0.25) is 9.59 Å². The number of hydrogen-bond acceptors (Lipinski definition) is 4. The van der Waals surface area contributed by atoms with E-state index in [0.717, 1.165) is 0 Å². The molecule has 2 aromatic carbocycles. The molecule has 5 nitrogen and oxygen atoms in total. The highest BCUT2D eigenvalue weighted by atomic mass is 19.1. The number of halogens is 1. The third kappa shape index (κ3) is 4.55. The Morgan fingerprint density at radius 1 is 1.00 bits per heavy atom. The standard InChI is InChI=1S/C18H18FNO4/c1-23-14-7-8-15(17(11-14)24-2)20-18(22)10-9-16(21)12-3-5-13(19)6-4-12/h3-8,11H,9-10H2,1-2H3,(H,20,22). The van der Waals surface area contributed by atoms with Crippen LogP contribution in [0.15, 0.2) is 42.5 Å². The van der Waals surface area contributed by atoms with Gasteiger partial charge in [-0.2, -0.15) is 0 Å². The van der Waals surface area contributed by atoms with E-state index in [2.05, 4.69) is 5.32 Å². The fourth-order valence-corrected chi connectivity index (χ4v) is 2.12. The van der Waals surface area contributed by atoms with Crippen LogP contribution in [-0.2, 0) is 4.79 Å². The number of ketones is 1. The number of Topliss-reactive ketones (excluding diaryl/α,β-unsaturated/α-hetero) is 1. The fraction of sp³-hybridized carbons (Fsp3) is 0.222. The van der Waals surface area contributed by atoms with Gasteiger partial charge in [0.05, 0.1) is 19.9 Å². The van der Waals surface area contributed by atoms with Gasteiger partial charge in [0.2, 0.25) is 5.91 Å². The van der Waals surface area contributed by atoms with Gasteiger partial charge in [-0.25, -0.2) is 4.39 Å². The molecule has 24 heavy (non-hydrogen) atoms. The summed E-state index contributed by atoms with van der Waals surface area (Å²) in [5.41, 5.74) is 0.878. The Morgan fingerprint density at radius 3 is 2.33 bits per heavy atom. The van der Waals surface area contributed by atoms with Crippen LogP contribution in [0, 0.1) is 5.82 Å². The lowest BCUT2D eigenvalue weighted by Gasteiger charge is -2.11. The first-order valence-corrected chi connectivity index (χ1v) is 7.34. The van der Waals surface area contributed by atoms with Crippen LogP contribution in [0.4, 0.5) is 10.1 Å². The molecule has 0 spiro atoms. The van der Waals surface area contributed by atoms with Gasteiger partial charge in [0.1, 0.15) is 17.3 Å². The van der Waals surface area contributed by atoms with Crippen molar-refractivity contribution in [1.29, 1.82) is 0 Å². The average molecular weight is 331 g/mol. The molecule has 1 N–H and O–H groups in total. The van der Waals surface area contributed by atoms with E-state index in [1.54, 1.807) is 18.2 Å². The first-order valence-electron chi connectivity index (χ1n) is 7.34. The molecule has 0 saturated carbocycles. The molecular weight excluding hydrogens is 313 g/mol. The second-order valence-electron chi connectivity index (χ2n) is 5.04. The SMILES string of the molecule is COc1ccc(NC(=O)CCC(=O)c2ccc(F)cc2)c(OC)c1. The van der Waals surface area contributed by atoms with Crippen LogP contribution in [0.25, 0.3) is 0 Å². The second-order valence-corrected chi connectivity index (χ2v) is 5.04. The minimum absolute atomic E-state index is 0.0192. The predicted molar refractivity (Wildman–Crippen MR) is 88.1 cm³/mol. The number of hydrogen-bond donors (Lipinski definition) is 1. The number of nitrogens with one attached hydrogen (secondary N) is 1. The molecule has 1 amide bonds. The van der Waals surface area contributed by atoms with Gasteiger partial charge in [-0.05, 0) is 36.4 Å². The van der Waals surface area contributed by atoms with Crippen molar-refractivity contribution in [1.82, 2.24) is 0 Å². The molecule has 0 unspecified atom stereocenters. The molecular formula is C18H18FNO4. The van der Waals surface area contributed by atoms with Gasteiger partial charge < -0.3 is 14.8 Å². The zero-order chi connectivity index (χ0) is 17.5. The van der Waals surface area contributed by atoms with E-state index in [4.69, 9.17) is 9.47 Å². The fourth-order valence-electron chi connectivity index (χ4n) is 2.12. The summed E-state index contributed by atoms with van der Waals surface area (Å²) >= 11 is 0. The van der Waals surface area contributed by atoms with E-state index in [9.17, 15) is 14.0 Å². The molecule has 126 valence electrons. The minimum Gasteiger partial charge on any atom is -0.497 e. The normalized spacial score (nSPS) is 10.1. The molecule has 0 atom stereocenters. The van der Waals surface area contributed by atoms with Crippen molar-refractivity contribution in [2.24, 2.45) is 0 Å². The third-order valence-corrected chi connectivity index (χ3v) is 3.43. The second kappa shape index (κ2) is 8.10. The van der Waals surface area contributed by atoms with Gasteiger partial charge in [0.15, 0.2) is 5.78 Å². The summed E-state index contributed by atoms with van der Waals surface area (Å²) in [6.07, 6.45) is 0.0569. The molecule has 0 aliphatic heterocycles. The van der Waals surface area contributed by atoms with Crippen LogP contribution in [0.3, 0.4) is 0 Å². The Labute approximate surface area is 139 Å². The lowest BCUT2D eigenvalue weighted by atomic mass is 10.1. The van der Waals surface area contributed by atoms with Crippen molar-refractivity contribution in [3.05, 3.63) is 53.8 Å². The van der Waals surface area contributed by atoms with E-state index in [0.29, 0.717) is 22.7 Å². The van der Waals surface area contributed by atoms with Gasteiger partial charge >= 0.3 is 0 Å². The van der Waals surface area contributed by atoms with Crippen molar-refractivity contribution in [3.63, 3.8) is 0 Å². The van der Waals surface area contributed by atoms with E-state index in [1.807, 2.05) is 0 Å². The molecule has 0 saturated heterocycles. The number of benzene rings is 2. The maximum atomic E-state index is 12.8. The van der Waals surface area contributed by atoms with Crippen LogP contribution >= 0.6 is 0 Å². The molecule has 0 fully saturated rings. The Bertz CT molecular complexity index is 728. The molecule has 0 aliphatic carbocycles. The van der Waals surface area contributed by atoms with Crippen molar-refractivity contribution in [2.75, 3.05) is 19.5 Å². The van der Waals surface area contributed by atoms with Crippen LogP contribution in [0.5, 0.6) is 11.5 Å². The Hall–Kier alpha value is -2.89. The van der Waals surface area contributed by atoms with Gasteiger partial charge in [0.25, 0.3) is 0 Å². The van der Waals surface area contributed by atoms with E-state index >= 15 is 0 Å². The zero-order valence-corrected chi connectivity index (χ0v) is 13.5. The maximum Gasteiger partial charge on any atom is 0.224 e. The van der Waals surface area contributed by atoms with Gasteiger partial charge in [-0.15, -0.1) is 0 Å². The lowest BCUT2D eigenvalue weighted by molar-refractivity contribution is -0.116. The molecule has 2 aromatic rings. The van der Waals surface area contributed by atoms with E-state index in [1.165, 1.54) is 38.5 Å². The number of rotatable bonds is 7. The quantitative estimate of drug-likeness (QED) is 0.789. The van der Waals surface area contributed by atoms with E-state index < -0.39 is 5.82 Å². The summed E-state index contributed by atoms with van der Waals surface area (Å²) < 4.78 is 23.1. The molecule has 6 heteroatoms. The summed E-state index contributed by atoms with van der Waals surface area (Å²) in [4.78, 5) is 24.0. The van der Waals surface area contributed by atoms with Gasteiger partial charge in [-0.1, -0.05) is 0 Å². The molecule has 0 aliphatic rings. The van der Waals surface area contributed by atoms with Crippen LogP contribution in [0.2, 0.25) is 0 Å². The Morgan fingerprint density at radius 2 is 1.71 bits per heavy atom. The highest BCUT2D eigenvalue weighted by Crippen LogP contribution is 2.29. The van der Waals surface area contributed by atoms with Crippen molar-refractivity contribution >= 4 is 17.4 Å². The largest absolute Gasteiger partial charge is 0.497 e. The Balaban J connectivity index is 1.93. The smallest absolute Gasteiger partial charge is 0.224 e. The first-order chi connectivity index (χ1) is 11.5. The topological polar surface area (TPSA) is 64.6 Å². The van der Waals surface area contributed by atoms with Crippen molar-refractivity contribution in [2.45, 2.75) is 12.8 Å². The number of anilines is 1. The highest BCUT2D eigenvalue weighted by Gasteiger charge is 2.12. The molecule has 0 radical (unpaired) electrons. The predicted octanol–water partition coefficient (Wildman–Crippen LogP) is 3.44. The number of carbonyl (C=O) groups is 2. The zero-order valence-electron chi connectivity index (χ0n) is 13.5. The summed E-state index contributed by atoms with van der Waals surface area (Å²) in [6, 6.07) is 10.3. The molecule has 0 heterocycles. The van der Waals surface area contributed by atoms with Crippen LogP contribution in [-0.4, -0.2) is 25.9 Å². The number of methoxy groups -OCH3 is 2. The first kappa shape index (κ1) is 17.5. The number of ether oxygens (including phenoxy) is 2. The average Bonchev–Trinajstić information content (AvgIpc) is 2.60. The monoisotopic (exact) mass is 331 g/mol. The van der Waals surface area contributed by atoms with Crippen LogP contribution in [0.1, 0.15) is 23.2 Å². The summed E-state index contributed by atoms with van der Waals surface area (Å²) in [5.74, 6) is 0.139. The molecule has 0 aromatic heterocycles. The lowest BCUT2D eigenvalue weighted by Crippen LogP contribution is -2.14. The highest BCUT2D eigenvalue weighted by molar-refractivity contribution is 6.00. The van der Waals surface area contributed by atoms with Crippen molar-refractivity contribution < 1.29 is 23.5 Å². The maximum absolute atomic E-state index is 12.8. The summed E-state index contributed by atoms with van der Waals surface area (Å²) in [7, 11) is 3.02. The molecule has 0 bridgehead atoms. The summed E-state index contributed by atoms with van der Waals surface area (Å²) in [5, 5.41) is 2.70. The summed E-state index contributed by atoms with van der Waals surface area (Å²) in [6.45, 7) is 0. The minimum atomic E-state index is -0.407.